The molecule has 0 N–H and O–H groups in total. The van der Waals surface area contributed by atoms with Crippen LogP contribution in [0.15, 0.2) is 12.3 Å². The van der Waals surface area contributed by atoms with Crippen molar-refractivity contribution >= 4 is 11.6 Å². The molecule has 0 aliphatic carbocycles. The normalized spacial score (nSPS) is 11.4. The number of nitrogens with zero attached hydrogens (tertiary/aromatic N) is 2. The summed E-state index contributed by atoms with van der Waals surface area (Å²) in [4.78, 5) is 0. The molecular formula is C6H4ClF3N2O. The van der Waals surface area contributed by atoms with Gasteiger partial charge in [-0.3, -0.25) is 0 Å². The zero-order chi connectivity index (χ0) is 9.90. The quantitative estimate of drug-likeness (QED) is 0.753. The third-order valence-electron chi connectivity index (χ3n) is 1.00. The van der Waals surface area contributed by atoms with E-state index in [-0.39, 0.29) is 10.9 Å². The summed E-state index contributed by atoms with van der Waals surface area (Å²) in [5, 5.41) is 6.63. The molecule has 0 fully saturated rings. The number of hydrogen-bond donors (Lipinski definition) is 0. The lowest BCUT2D eigenvalue weighted by molar-refractivity contribution is -0.153. The summed E-state index contributed by atoms with van der Waals surface area (Å²) in [5.41, 5.74) is 0. The fourth-order valence-corrected chi connectivity index (χ4v) is 0.720. The van der Waals surface area contributed by atoms with Gasteiger partial charge in [-0.15, -0.1) is 5.10 Å². The largest absolute Gasteiger partial charge is 0.482 e. The van der Waals surface area contributed by atoms with Gasteiger partial charge in [0.2, 0.25) is 0 Å². The number of halogens is 4. The molecule has 7 heteroatoms. The van der Waals surface area contributed by atoms with Crippen molar-refractivity contribution in [2.75, 3.05) is 6.61 Å². The van der Waals surface area contributed by atoms with Gasteiger partial charge in [0.15, 0.2) is 11.8 Å². The van der Waals surface area contributed by atoms with Crippen LogP contribution in [0.25, 0.3) is 0 Å². The van der Waals surface area contributed by atoms with Crippen molar-refractivity contribution in [3.8, 4) is 5.75 Å². The predicted octanol–water partition coefficient (Wildman–Crippen LogP) is 2.07. The predicted molar refractivity (Wildman–Crippen MR) is 38.6 cm³/mol. The van der Waals surface area contributed by atoms with Crippen LogP contribution >= 0.6 is 11.6 Å². The summed E-state index contributed by atoms with van der Waals surface area (Å²) in [6.45, 7) is -1.37. The van der Waals surface area contributed by atoms with Crippen LogP contribution in [0.4, 0.5) is 13.2 Å². The summed E-state index contributed by atoms with van der Waals surface area (Å²) in [6, 6.07) is 1.15. The molecule has 0 amide bonds. The molecule has 0 unspecified atom stereocenters. The fraction of sp³-hybridized carbons (Fsp3) is 0.333. The first kappa shape index (κ1) is 10.0. The molecule has 0 saturated carbocycles. The molecule has 13 heavy (non-hydrogen) atoms. The van der Waals surface area contributed by atoms with Crippen LogP contribution in [0.1, 0.15) is 0 Å². The van der Waals surface area contributed by atoms with E-state index in [0.29, 0.717) is 0 Å². The Morgan fingerprint density at radius 2 is 2.15 bits per heavy atom. The highest BCUT2D eigenvalue weighted by Gasteiger charge is 2.28. The Kier molecular flexibility index (Phi) is 2.92. The first-order chi connectivity index (χ1) is 5.97. The highest BCUT2D eigenvalue weighted by Crippen LogP contribution is 2.18. The molecule has 0 aromatic carbocycles. The van der Waals surface area contributed by atoms with Crippen LogP contribution in [0.5, 0.6) is 5.75 Å². The average Bonchev–Trinajstić information content (AvgIpc) is 2.00. The third-order valence-corrected chi connectivity index (χ3v) is 1.19. The number of ether oxygens (including phenoxy) is 1. The summed E-state index contributed by atoms with van der Waals surface area (Å²) >= 11 is 5.36. The minimum atomic E-state index is -4.37. The van der Waals surface area contributed by atoms with Crippen molar-refractivity contribution in [1.82, 2.24) is 10.2 Å². The smallest absolute Gasteiger partial charge is 0.422 e. The van der Waals surface area contributed by atoms with Gasteiger partial charge in [-0.25, -0.2) is 0 Å². The van der Waals surface area contributed by atoms with Crippen molar-refractivity contribution in [1.29, 1.82) is 0 Å². The standard InChI is InChI=1S/C6H4ClF3N2O/c7-5-1-4(2-11-12-5)13-3-6(8,9)10/h1-2H,3H2. The lowest BCUT2D eigenvalue weighted by Crippen LogP contribution is -2.19. The van der Waals surface area contributed by atoms with E-state index in [2.05, 4.69) is 14.9 Å². The molecular weight excluding hydrogens is 209 g/mol. The van der Waals surface area contributed by atoms with E-state index in [1.54, 1.807) is 0 Å². The summed E-state index contributed by atoms with van der Waals surface area (Å²) in [7, 11) is 0. The highest BCUT2D eigenvalue weighted by molar-refractivity contribution is 6.29. The first-order valence-corrected chi connectivity index (χ1v) is 3.53. The molecule has 72 valence electrons. The zero-order valence-corrected chi connectivity index (χ0v) is 6.93. The first-order valence-electron chi connectivity index (χ1n) is 3.15. The molecule has 0 aliphatic rings. The van der Waals surface area contributed by atoms with E-state index in [1.165, 1.54) is 0 Å². The molecule has 1 aromatic rings. The van der Waals surface area contributed by atoms with Crippen LogP contribution in [0, 0.1) is 0 Å². The van der Waals surface area contributed by atoms with Crippen LogP contribution in [0.2, 0.25) is 5.15 Å². The Labute approximate surface area is 76.5 Å². The third kappa shape index (κ3) is 3.93. The van der Waals surface area contributed by atoms with Gasteiger partial charge in [0.05, 0.1) is 6.20 Å². The second-order valence-electron chi connectivity index (χ2n) is 2.12. The molecule has 3 nitrogen and oxygen atoms in total. The number of hydrogen-bond acceptors (Lipinski definition) is 3. The van der Waals surface area contributed by atoms with E-state index in [0.717, 1.165) is 12.3 Å². The van der Waals surface area contributed by atoms with Crippen molar-refractivity contribution in [2.24, 2.45) is 0 Å². The van der Waals surface area contributed by atoms with Gasteiger partial charge < -0.3 is 4.74 Å². The maximum Gasteiger partial charge on any atom is 0.422 e. The maximum atomic E-state index is 11.6. The minimum absolute atomic E-state index is 0.0142. The van der Waals surface area contributed by atoms with Gasteiger partial charge in [0, 0.05) is 6.07 Å². The Balaban J connectivity index is 2.55. The van der Waals surface area contributed by atoms with Gasteiger partial charge in [-0.05, 0) is 0 Å². The van der Waals surface area contributed by atoms with Gasteiger partial charge in [0.1, 0.15) is 5.75 Å². The van der Waals surface area contributed by atoms with E-state index in [9.17, 15) is 13.2 Å². The highest BCUT2D eigenvalue weighted by atomic mass is 35.5. The number of rotatable bonds is 2. The Hall–Kier alpha value is -1.04. The van der Waals surface area contributed by atoms with E-state index in [1.807, 2.05) is 0 Å². The monoisotopic (exact) mass is 212 g/mol. The minimum Gasteiger partial charge on any atom is -0.482 e. The topological polar surface area (TPSA) is 35.0 Å². The van der Waals surface area contributed by atoms with Crippen LogP contribution in [0.3, 0.4) is 0 Å². The van der Waals surface area contributed by atoms with E-state index >= 15 is 0 Å². The lowest BCUT2D eigenvalue weighted by atomic mass is 10.5. The molecule has 1 aromatic heterocycles. The van der Waals surface area contributed by atoms with Gasteiger partial charge >= 0.3 is 6.18 Å². The maximum absolute atomic E-state index is 11.6. The van der Waals surface area contributed by atoms with E-state index in [4.69, 9.17) is 11.6 Å². The van der Waals surface area contributed by atoms with Crippen molar-refractivity contribution < 1.29 is 17.9 Å². The summed E-state index contributed by atoms with van der Waals surface area (Å²) in [5.74, 6) is -0.0580. The molecule has 0 saturated heterocycles. The Bertz CT molecular complexity index is 291. The van der Waals surface area contributed by atoms with Crippen molar-refractivity contribution in [3.63, 3.8) is 0 Å². The van der Waals surface area contributed by atoms with Gasteiger partial charge in [0.25, 0.3) is 0 Å². The van der Waals surface area contributed by atoms with Crippen LogP contribution < -0.4 is 4.74 Å². The average molecular weight is 213 g/mol. The van der Waals surface area contributed by atoms with Crippen LogP contribution in [-0.4, -0.2) is 23.0 Å². The second-order valence-corrected chi connectivity index (χ2v) is 2.51. The molecule has 1 heterocycles. The Morgan fingerprint density at radius 3 is 2.69 bits per heavy atom. The lowest BCUT2D eigenvalue weighted by Gasteiger charge is -2.07. The van der Waals surface area contributed by atoms with E-state index < -0.39 is 12.8 Å². The molecule has 0 radical (unpaired) electrons. The van der Waals surface area contributed by atoms with Gasteiger partial charge in [-0.2, -0.15) is 18.3 Å². The Morgan fingerprint density at radius 1 is 1.46 bits per heavy atom. The molecule has 0 aliphatic heterocycles. The zero-order valence-electron chi connectivity index (χ0n) is 6.18. The van der Waals surface area contributed by atoms with Crippen molar-refractivity contribution in [3.05, 3.63) is 17.4 Å². The fourth-order valence-electron chi connectivity index (χ4n) is 0.569. The number of alkyl halides is 3. The van der Waals surface area contributed by atoms with Crippen LogP contribution in [-0.2, 0) is 0 Å². The molecule has 0 bridgehead atoms. The molecule has 0 spiro atoms. The molecule has 0 atom stereocenters. The summed E-state index contributed by atoms with van der Waals surface area (Å²) in [6.07, 6.45) is -3.31. The van der Waals surface area contributed by atoms with Gasteiger partial charge in [-0.1, -0.05) is 11.6 Å². The second kappa shape index (κ2) is 3.78. The van der Waals surface area contributed by atoms with Crippen molar-refractivity contribution in [2.45, 2.75) is 6.18 Å². The molecule has 1 rings (SSSR count). The SMILES string of the molecule is FC(F)(F)COc1cnnc(Cl)c1. The summed E-state index contributed by atoms with van der Waals surface area (Å²) < 4.78 is 39.3. The number of aromatic nitrogens is 2.